The van der Waals surface area contributed by atoms with E-state index < -0.39 is 17.7 Å². The molecule has 3 aromatic rings. The third-order valence-corrected chi connectivity index (χ3v) is 6.21. The molecule has 1 aliphatic heterocycles. The zero-order chi connectivity index (χ0) is 22.8. The summed E-state index contributed by atoms with van der Waals surface area (Å²) in [5.41, 5.74) is 0.420. The van der Waals surface area contributed by atoms with Crippen LogP contribution in [0.25, 0.3) is 5.76 Å². The number of phenolic OH excluding ortho intramolecular Hbond substituents is 1. The lowest BCUT2D eigenvalue weighted by Gasteiger charge is -2.25. The fraction of sp³-hybridized carbons (Fsp3) is 0.167. The number of ether oxygens (including phenoxy) is 1. The van der Waals surface area contributed by atoms with Crippen molar-refractivity contribution in [1.82, 2.24) is 0 Å². The van der Waals surface area contributed by atoms with E-state index in [1.807, 2.05) is 12.3 Å². The van der Waals surface area contributed by atoms with Crippen molar-refractivity contribution in [3.8, 4) is 11.5 Å². The van der Waals surface area contributed by atoms with Gasteiger partial charge >= 0.3 is 0 Å². The summed E-state index contributed by atoms with van der Waals surface area (Å²) in [6.45, 7) is 2.57. The maximum absolute atomic E-state index is 13.1. The molecular weight excluding hydrogens is 450 g/mol. The summed E-state index contributed by atoms with van der Waals surface area (Å²) in [5, 5.41) is 23.6. The topological polar surface area (TPSA) is 87.1 Å². The minimum Gasteiger partial charge on any atom is -0.507 e. The highest BCUT2D eigenvalue weighted by atomic mass is 35.5. The van der Waals surface area contributed by atoms with Crippen LogP contribution in [0.1, 0.15) is 29.8 Å². The monoisotopic (exact) mass is 469 g/mol. The summed E-state index contributed by atoms with van der Waals surface area (Å²) >= 11 is 7.43. The molecule has 1 unspecified atom stereocenters. The normalized spacial score (nSPS) is 17.7. The van der Waals surface area contributed by atoms with E-state index in [4.69, 9.17) is 16.3 Å². The summed E-state index contributed by atoms with van der Waals surface area (Å²) in [4.78, 5) is 28.0. The van der Waals surface area contributed by atoms with Gasteiger partial charge in [-0.1, -0.05) is 24.6 Å². The Labute approximate surface area is 193 Å². The number of aliphatic hydroxyl groups excluding tert-OH is 1. The van der Waals surface area contributed by atoms with Gasteiger partial charge in [-0.3, -0.25) is 14.5 Å². The Morgan fingerprint density at radius 1 is 1.16 bits per heavy atom. The maximum Gasteiger partial charge on any atom is 0.300 e. The Bertz CT molecular complexity index is 1190. The molecule has 0 saturated carbocycles. The number of halogens is 1. The van der Waals surface area contributed by atoms with Gasteiger partial charge in [-0.25, -0.2) is 0 Å². The number of carbonyl (C=O) groups excluding carboxylic acids is 2. The number of benzene rings is 2. The number of aromatic hydroxyl groups is 1. The SMILES string of the molecule is CCCOc1ccc(/C(O)=C2/C(=O)C(=O)N(c3cc(Cl)ccc3O)C2c2cccs2)cc1. The molecule has 2 N–H and O–H groups in total. The van der Waals surface area contributed by atoms with Gasteiger partial charge in [0.1, 0.15) is 23.3 Å². The molecule has 2 aromatic carbocycles. The van der Waals surface area contributed by atoms with Crippen molar-refractivity contribution in [3.05, 3.63) is 81.0 Å². The van der Waals surface area contributed by atoms with Crippen molar-refractivity contribution in [2.24, 2.45) is 0 Å². The van der Waals surface area contributed by atoms with Gasteiger partial charge in [0.15, 0.2) is 0 Å². The minimum atomic E-state index is -0.907. The molecular formula is C24H20ClNO5S. The average molecular weight is 470 g/mol. The molecule has 8 heteroatoms. The van der Waals surface area contributed by atoms with Gasteiger partial charge in [0.2, 0.25) is 0 Å². The van der Waals surface area contributed by atoms with Crippen LogP contribution in [-0.4, -0.2) is 28.5 Å². The number of thiophene rings is 1. The van der Waals surface area contributed by atoms with Crippen molar-refractivity contribution in [3.63, 3.8) is 0 Å². The van der Waals surface area contributed by atoms with Crippen LogP contribution in [0.2, 0.25) is 5.02 Å². The number of nitrogens with zero attached hydrogens (tertiary/aromatic N) is 1. The lowest BCUT2D eigenvalue weighted by Crippen LogP contribution is -2.29. The first-order valence-electron chi connectivity index (χ1n) is 9.98. The van der Waals surface area contributed by atoms with Crippen molar-refractivity contribution in [1.29, 1.82) is 0 Å². The number of carbonyl (C=O) groups is 2. The predicted octanol–water partition coefficient (Wildman–Crippen LogP) is 5.52. The number of amides is 1. The quantitative estimate of drug-likeness (QED) is 0.282. The minimum absolute atomic E-state index is 0.0564. The molecule has 32 heavy (non-hydrogen) atoms. The number of hydrogen-bond donors (Lipinski definition) is 2. The number of aliphatic hydroxyl groups is 1. The van der Waals surface area contributed by atoms with E-state index in [2.05, 4.69) is 0 Å². The second-order valence-corrected chi connectivity index (χ2v) is 8.61. The first kappa shape index (κ1) is 21.9. The van der Waals surface area contributed by atoms with Gasteiger partial charge in [0, 0.05) is 15.5 Å². The molecule has 1 aromatic heterocycles. The molecule has 1 fully saturated rings. The third-order valence-electron chi connectivity index (χ3n) is 5.05. The highest BCUT2D eigenvalue weighted by Crippen LogP contribution is 2.46. The van der Waals surface area contributed by atoms with E-state index in [1.165, 1.54) is 34.4 Å². The Morgan fingerprint density at radius 2 is 1.91 bits per heavy atom. The lowest BCUT2D eigenvalue weighted by atomic mass is 9.99. The molecule has 164 valence electrons. The standard InChI is InChI=1S/C24H20ClNO5S/c1-2-11-31-16-8-5-14(6-9-16)22(28)20-21(19-4-3-12-32-19)26(24(30)23(20)29)17-13-15(25)7-10-18(17)27/h3-10,12-13,21,27-28H,2,11H2,1H3/b22-20-. The highest BCUT2D eigenvalue weighted by Gasteiger charge is 2.48. The van der Waals surface area contributed by atoms with Gasteiger partial charge in [-0.2, -0.15) is 0 Å². The van der Waals surface area contributed by atoms with Crippen molar-refractivity contribution in [2.45, 2.75) is 19.4 Å². The van der Waals surface area contributed by atoms with E-state index in [-0.39, 0.29) is 22.8 Å². The van der Waals surface area contributed by atoms with Crippen LogP contribution in [0.4, 0.5) is 5.69 Å². The molecule has 4 rings (SSSR count). The van der Waals surface area contributed by atoms with E-state index >= 15 is 0 Å². The van der Waals surface area contributed by atoms with Crippen molar-refractivity contribution in [2.75, 3.05) is 11.5 Å². The lowest BCUT2D eigenvalue weighted by molar-refractivity contribution is -0.132. The zero-order valence-corrected chi connectivity index (χ0v) is 18.7. The summed E-state index contributed by atoms with van der Waals surface area (Å²) in [6.07, 6.45) is 0.863. The van der Waals surface area contributed by atoms with Crippen LogP contribution in [-0.2, 0) is 9.59 Å². The smallest absolute Gasteiger partial charge is 0.300 e. The fourth-order valence-electron chi connectivity index (χ4n) is 3.57. The van der Waals surface area contributed by atoms with E-state index in [9.17, 15) is 19.8 Å². The average Bonchev–Trinajstić information content (AvgIpc) is 3.41. The van der Waals surface area contributed by atoms with Crippen molar-refractivity contribution < 1.29 is 24.5 Å². The summed E-state index contributed by atoms with van der Waals surface area (Å²) in [6, 6.07) is 13.6. The second-order valence-electron chi connectivity index (χ2n) is 7.19. The van der Waals surface area contributed by atoms with Gasteiger partial charge in [-0.05, 0) is 60.3 Å². The van der Waals surface area contributed by atoms with Crippen LogP contribution in [0.15, 0.2) is 65.6 Å². The van der Waals surface area contributed by atoms with Crippen LogP contribution < -0.4 is 9.64 Å². The number of hydrogen-bond acceptors (Lipinski definition) is 6. The fourth-order valence-corrected chi connectivity index (χ4v) is 4.56. The molecule has 1 atom stereocenters. The Morgan fingerprint density at radius 3 is 2.56 bits per heavy atom. The molecule has 2 heterocycles. The van der Waals surface area contributed by atoms with E-state index in [1.54, 1.807) is 36.4 Å². The largest absolute Gasteiger partial charge is 0.507 e. The molecule has 1 amide bonds. The molecule has 1 aliphatic rings. The second kappa shape index (κ2) is 9.06. The molecule has 6 nitrogen and oxygen atoms in total. The molecule has 0 aliphatic carbocycles. The van der Waals surface area contributed by atoms with Crippen LogP contribution in [0, 0.1) is 0 Å². The predicted molar refractivity (Wildman–Crippen MR) is 124 cm³/mol. The summed E-state index contributed by atoms with van der Waals surface area (Å²) in [5.74, 6) is -1.55. The zero-order valence-electron chi connectivity index (χ0n) is 17.1. The van der Waals surface area contributed by atoms with Gasteiger partial charge in [-0.15, -0.1) is 11.3 Å². The maximum atomic E-state index is 13.1. The van der Waals surface area contributed by atoms with Gasteiger partial charge < -0.3 is 14.9 Å². The Hall–Kier alpha value is -3.29. The first-order chi connectivity index (χ1) is 15.4. The van der Waals surface area contributed by atoms with Gasteiger partial charge in [0.25, 0.3) is 11.7 Å². The van der Waals surface area contributed by atoms with Gasteiger partial charge in [0.05, 0.1) is 17.9 Å². The number of phenols is 1. The number of rotatable bonds is 6. The van der Waals surface area contributed by atoms with E-state index in [0.717, 1.165) is 6.42 Å². The number of Topliss-reactive ketones (excluding diaryl/α,β-unsaturated/α-hetero) is 1. The third kappa shape index (κ3) is 3.97. The molecule has 0 spiro atoms. The highest BCUT2D eigenvalue weighted by molar-refractivity contribution is 7.10. The molecule has 0 bridgehead atoms. The number of ketones is 1. The number of anilines is 1. The summed E-state index contributed by atoms with van der Waals surface area (Å²) < 4.78 is 5.57. The van der Waals surface area contributed by atoms with E-state index in [0.29, 0.717) is 27.8 Å². The summed E-state index contributed by atoms with van der Waals surface area (Å²) in [7, 11) is 0. The van der Waals surface area contributed by atoms with Crippen LogP contribution in [0.3, 0.4) is 0 Å². The Balaban J connectivity index is 1.84. The van der Waals surface area contributed by atoms with Crippen LogP contribution in [0.5, 0.6) is 11.5 Å². The van der Waals surface area contributed by atoms with Crippen molar-refractivity contribution >= 4 is 46.1 Å². The van der Waals surface area contributed by atoms with Crippen LogP contribution >= 0.6 is 22.9 Å². The Kier molecular flexibility index (Phi) is 6.21. The first-order valence-corrected chi connectivity index (χ1v) is 11.2. The molecule has 1 saturated heterocycles. The molecule has 0 radical (unpaired) electrons.